The lowest BCUT2D eigenvalue weighted by atomic mass is 10.1. The molecular weight excluding hydrogens is 350 g/mol. The number of nitro groups is 1. The minimum Gasteiger partial charge on any atom is -0.325 e. The van der Waals surface area contributed by atoms with Gasteiger partial charge < -0.3 is 5.32 Å². The van der Waals surface area contributed by atoms with Crippen LogP contribution in [-0.4, -0.2) is 21.1 Å². The molecule has 0 radical (unpaired) electrons. The van der Waals surface area contributed by atoms with Gasteiger partial charge in [0.25, 0.3) is 5.69 Å². The number of non-ortho nitro benzene ring substituents is 1. The van der Waals surface area contributed by atoms with Crippen LogP contribution in [0.1, 0.15) is 12.5 Å². The van der Waals surface area contributed by atoms with E-state index >= 15 is 0 Å². The van der Waals surface area contributed by atoms with Crippen LogP contribution in [0.15, 0.2) is 59.6 Å². The van der Waals surface area contributed by atoms with E-state index in [0.29, 0.717) is 5.69 Å². The number of rotatable bonds is 5. The Morgan fingerprint density at radius 3 is 2.73 bits per heavy atom. The van der Waals surface area contributed by atoms with Crippen LogP contribution >= 0.6 is 11.8 Å². The first kappa shape index (κ1) is 17.9. The molecule has 1 atom stereocenters. The number of aryl methyl sites for hydroxylation is 1. The Morgan fingerprint density at radius 1 is 1.19 bits per heavy atom. The van der Waals surface area contributed by atoms with Crippen molar-refractivity contribution in [1.29, 1.82) is 0 Å². The average molecular weight is 367 g/mol. The van der Waals surface area contributed by atoms with Gasteiger partial charge in [-0.05, 0) is 37.6 Å². The summed E-state index contributed by atoms with van der Waals surface area (Å²) in [5, 5.41) is 15.0. The van der Waals surface area contributed by atoms with Gasteiger partial charge in [0.2, 0.25) is 5.91 Å². The second-order valence-electron chi connectivity index (χ2n) is 5.85. The van der Waals surface area contributed by atoms with Crippen LogP contribution in [0, 0.1) is 17.0 Å². The molecule has 6 nitrogen and oxygen atoms in total. The van der Waals surface area contributed by atoms with Crippen molar-refractivity contribution in [3.8, 4) is 0 Å². The maximum atomic E-state index is 12.4. The van der Waals surface area contributed by atoms with Crippen LogP contribution < -0.4 is 5.32 Å². The van der Waals surface area contributed by atoms with E-state index < -0.39 is 10.2 Å². The third-order valence-electron chi connectivity index (χ3n) is 3.89. The number of benzene rings is 2. The van der Waals surface area contributed by atoms with Crippen LogP contribution in [0.5, 0.6) is 0 Å². The molecule has 2 aromatic carbocycles. The number of thioether (sulfide) groups is 1. The van der Waals surface area contributed by atoms with Crippen molar-refractivity contribution in [2.24, 2.45) is 0 Å². The van der Waals surface area contributed by atoms with E-state index in [2.05, 4.69) is 10.3 Å². The number of hydrogen-bond acceptors (Lipinski definition) is 5. The summed E-state index contributed by atoms with van der Waals surface area (Å²) in [5.74, 6) is -0.233. The van der Waals surface area contributed by atoms with Gasteiger partial charge in [0.1, 0.15) is 0 Å². The van der Waals surface area contributed by atoms with E-state index in [9.17, 15) is 14.9 Å². The normalized spacial score (nSPS) is 11.9. The van der Waals surface area contributed by atoms with Gasteiger partial charge in [-0.1, -0.05) is 36.0 Å². The van der Waals surface area contributed by atoms with Gasteiger partial charge in [0, 0.05) is 23.2 Å². The predicted octanol–water partition coefficient (Wildman–Crippen LogP) is 4.57. The minimum absolute atomic E-state index is 0.0603. The van der Waals surface area contributed by atoms with E-state index in [0.717, 1.165) is 21.5 Å². The number of carbonyl (C=O) groups is 1. The Hall–Kier alpha value is -2.93. The fraction of sp³-hybridized carbons (Fsp3) is 0.158. The summed E-state index contributed by atoms with van der Waals surface area (Å²) in [5.41, 5.74) is 2.33. The number of fused-ring (bicyclic) bond motifs is 1. The first-order valence-electron chi connectivity index (χ1n) is 8.02. The molecular formula is C19H17N3O3S. The molecule has 7 heteroatoms. The highest BCUT2D eigenvalue weighted by molar-refractivity contribution is 8.00. The zero-order valence-corrected chi connectivity index (χ0v) is 15.1. The van der Waals surface area contributed by atoms with Gasteiger partial charge in [-0.25, -0.2) is 4.98 Å². The molecule has 0 fully saturated rings. The molecule has 0 spiro atoms. The molecule has 3 rings (SSSR count). The number of amides is 1. The summed E-state index contributed by atoms with van der Waals surface area (Å²) in [4.78, 5) is 27.4. The van der Waals surface area contributed by atoms with Crippen LogP contribution in [0.25, 0.3) is 10.9 Å². The van der Waals surface area contributed by atoms with Crippen molar-refractivity contribution in [2.75, 3.05) is 5.32 Å². The Kier molecular flexibility index (Phi) is 5.18. The number of aromatic nitrogens is 1. The van der Waals surface area contributed by atoms with E-state index in [1.807, 2.05) is 37.3 Å². The van der Waals surface area contributed by atoms with Gasteiger partial charge in [-0.2, -0.15) is 0 Å². The van der Waals surface area contributed by atoms with Crippen molar-refractivity contribution in [3.05, 3.63) is 70.3 Å². The fourth-order valence-electron chi connectivity index (χ4n) is 2.55. The van der Waals surface area contributed by atoms with Gasteiger partial charge >= 0.3 is 0 Å². The summed E-state index contributed by atoms with van der Waals surface area (Å²) in [6.45, 7) is 3.80. The monoisotopic (exact) mass is 367 g/mol. The lowest BCUT2D eigenvalue weighted by Crippen LogP contribution is -2.22. The molecule has 1 N–H and O–H groups in total. The molecule has 1 aromatic heterocycles. The number of nitrogens with zero attached hydrogens (tertiary/aromatic N) is 2. The van der Waals surface area contributed by atoms with Gasteiger partial charge in [-0.15, -0.1) is 0 Å². The quantitative estimate of drug-likeness (QED) is 0.405. The summed E-state index contributed by atoms with van der Waals surface area (Å²) in [7, 11) is 0. The number of para-hydroxylation sites is 1. The molecule has 0 saturated heterocycles. The van der Waals surface area contributed by atoms with Crippen molar-refractivity contribution in [3.63, 3.8) is 0 Å². The predicted molar refractivity (Wildman–Crippen MR) is 104 cm³/mol. The molecule has 0 aliphatic carbocycles. The summed E-state index contributed by atoms with van der Waals surface area (Å²) >= 11 is 1.35. The zero-order chi connectivity index (χ0) is 18.7. The Balaban J connectivity index is 1.73. The van der Waals surface area contributed by atoms with Crippen molar-refractivity contribution >= 4 is 39.9 Å². The molecule has 1 heterocycles. The maximum Gasteiger partial charge on any atom is 0.271 e. The third kappa shape index (κ3) is 4.00. The second-order valence-corrected chi connectivity index (χ2v) is 7.21. The van der Waals surface area contributed by atoms with Gasteiger partial charge in [0.15, 0.2) is 0 Å². The fourth-order valence-corrected chi connectivity index (χ4v) is 3.48. The third-order valence-corrected chi connectivity index (χ3v) is 4.91. The summed E-state index contributed by atoms with van der Waals surface area (Å²) < 4.78 is 0. The first-order valence-corrected chi connectivity index (χ1v) is 8.90. The number of nitrogens with one attached hydrogen (secondary N) is 1. The molecule has 26 heavy (non-hydrogen) atoms. The summed E-state index contributed by atoms with van der Waals surface area (Å²) in [6, 6.07) is 15.7. The topological polar surface area (TPSA) is 85.1 Å². The molecule has 0 bridgehead atoms. The lowest BCUT2D eigenvalue weighted by Gasteiger charge is -2.12. The van der Waals surface area contributed by atoms with Crippen LogP contribution in [0.3, 0.4) is 0 Å². The molecule has 3 aromatic rings. The molecule has 0 saturated carbocycles. The highest BCUT2D eigenvalue weighted by Gasteiger charge is 2.17. The van der Waals surface area contributed by atoms with Crippen LogP contribution in [0.2, 0.25) is 0 Å². The zero-order valence-electron chi connectivity index (χ0n) is 14.3. The number of anilines is 1. The molecule has 0 aliphatic rings. The average Bonchev–Trinajstić information content (AvgIpc) is 2.62. The van der Waals surface area contributed by atoms with Crippen molar-refractivity contribution in [1.82, 2.24) is 4.98 Å². The van der Waals surface area contributed by atoms with Crippen molar-refractivity contribution in [2.45, 2.75) is 24.1 Å². The Bertz CT molecular complexity index is 991. The minimum atomic E-state index is -0.490. The molecule has 0 aliphatic heterocycles. The number of carbonyl (C=O) groups excluding carboxylic acids is 1. The van der Waals surface area contributed by atoms with Gasteiger partial charge in [0.05, 0.1) is 20.7 Å². The highest BCUT2D eigenvalue weighted by Crippen LogP contribution is 2.27. The van der Waals surface area contributed by atoms with Crippen LogP contribution in [-0.2, 0) is 4.79 Å². The van der Waals surface area contributed by atoms with Gasteiger partial charge in [-0.3, -0.25) is 14.9 Å². The maximum absolute atomic E-state index is 12.4. The largest absolute Gasteiger partial charge is 0.325 e. The number of nitro benzene ring substituents is 1. The Labute approximate surface area is 154 Å². The molecule has 132 valence electrons. The van der Waals surface area contributed by atoms with E-state index in [1.54, 1.807) is 19.1 Å². The Morgan fingerprint density at radius 2 is 1.96 bits per heavy atom. The van der Waals surface area contributed by atoms with E-state index in [4.69, 9.17) is 0 Å². The van der Waals surface area contributed by atoms with E-state index in [1.165, 1.54) is 23.9 Å². The standard InChI is InChI=1S/C19H17N3O3S/c1-12-10-18(21-17-9-4-3-8-16(12)17)26-13(2)19(23)20-14-6-5-7-15(11-14)22(24)25/h3-11,13H,1-2H3,(H,20,23)/t13-/m1/s1. The van der Waals surface area contributed by atoms with Crippen molar-refractivity contribution < 1.29 is 9.72 Å². The first-order chi connectivity index (χ1) is 12.4. The SMILES string of the molecule is Cc1cc(S[C@H](C)C(=O)Nc2cccc([N+](=O)[O-])c2)nc2ccccc12. The number of hydrogen-bond donors (Lipinski definition) is 1. The summed E-state index contributed by atoms with van der Waals surface area (Å²) in [6.07, 6.45) is 0. The molecule has 1 amide bonds. The highest BCUT2D eigenvalue weighted by atomic mass is 32.2. The van der Waals surface area contributed by atoms with Crippen LogP contribution in [0.4, 0.5) is 11.4 Å². The lowest BCUT2D eigenvalue weighted by molar-refractivity contribution is -0.384. The smallest absolute Gasteiger partial charge is 0.271 e. The van der Waals surface area contributed by atoms with E-state index in [-0.39, 0.29) is 11.6 Å². The molecule has 0 unspecified atom stereocenters. The number of pyridine rings is 1. The second kappa shape index (κ2) is 7.53.